The lowest BCUT2D eigenvalue weighted by molar-refractivity contribution is -0.138. The highest BCUT2D eigenvalue weighted by molar-refractivity contribution is 6.11. The van der Waals surface area contributed by atoms with E-state index in [1.807, 2.05) is 13.8 Å². The Morgan fingerprint density at radius 1 is 1.21 bits per heavy atom. The number of benzene rings is 2. The number of fused-ring (bicyclic) bond motifs is 4. The summed E-state index contributed by atoms with van der Waals surface area (Å²) in [7, 11) is 0. The summed E-state index contributed by atoms with van der Waals surface area (Å²) in [6, 6.07) is 9.39. The number of rotatable bonds is 5. The average molecular weight is 525 g/mol. The second-order valence-corrected chi connectivity index (χ2v) is 10.6. The predicted molar refractivity (Wildman–Crippen MR) is 131 cm³/mol. The standard InChI is InChI=1S/C29H24F4N2O3/c1-28(2)13-35-26(16-5-3-4-6-19(16)29(31,32)33)24-20(28)8-7-14(25(24)30)12-38-21-10-15-9-17-22(18(15)11-34-21)23(17)27(36)37/h3-8,10-11,17,26,35H,9,12-13H2,1-2H3,(H,36,37). The molecule has 0 saturated carbocycles. The van der Waals surface area contributed by atoms with Gasteiger partial charge in [-0.2, -0.15) is 13.2 Å². The van der Waals surface area contributed by atoms with Gasteiger partial charge in [-0.05, 0) is 34.8 Å². The predicted octanol–water partition coefficient (Wildman–Crippen LogP) is 5.81. The van der Waals surface area contributed by atoms with Gasteiger partial charge in [0.15, 0.2) is 0 Å². The molecule has 0 bridgehead atoms. The summed E-state index contributed by atoms with van der Waals surface area (Å²) in [4.78, 5) is 15.5. The van der Waals surface area contributed by atoms with E-state index in [4.69, 9.17) is 4.74 Å². The van der Waals surface area contributed by atoms with Crippen LogP contribution in [0.25, 0.3) is 5.57 Å². The Morgan fingerprint density at radius 2 is 1.97 bits per heavy atom. The van der Waals surface area contributed by atoms with Crippen molar-refractivity contribution in [1.29, 1.82) is 0 Å². The number of halogens is 4. The van der Waals surface area contributed by atoms with Gasteiger partial charge in [0, 0.05) is 52.4 Å². The third-order valence-corrected chi connectivity index (χ3v) is 7.79. The quantitative estimate of drug-likeness (QED) is 0.412. The molecule has 2 aliphatic carbocycles. The maximum Gasteiger partial charge on any atom is 0.416 e. The first-order valence-electron chi connectivity index (χ1n) is 12.3. The molecule has 2 N–H and O–H groups in total. The van der Waals surface area contributed by atoms with E-state index in [0.717, 1.165) is 22.8 Å². The Morgan fingerprint density at radius 3 is 2.71 bits per heavy atom. The van der Waals surface area contributed by atoms with Crippen molar-refractivity contribution in [2.45, 2.75) is 44.5 Å². The Kier molecular flexibility index (Phi) is 5.43. The molecule has 2 unspecified atom stereocenters. The second-order valence-electron chi connectivity index (χ2n) is 10.6. The SMILES string of the molecule is CC1(C)CNC(c2ccccc2C(F)(F)F)c2c1ccc(COc1cc3c(cn1)C1=C(C(=O)O)C1C3)c2F. The highest BCUT2D eigenvalue weighted by atomic mass is 19.4. The molecule has 38 heavy (non-hydrogen) atoms. The van der Waals surface area contributed by atoms with Gasteiger partial charge >= 0.3 is 12.1 Å². The summed E-state index contributed by atoms with van der Waals surface area (Å²) in [5, 5.41) is 12.4. The van der Waals surface area contributed by atoms with Gasteiger partial charge in [0.25, 0.3) is 0 Å². The first-order chi connectivity index (χ1) is 18.0. The number of aliphatic carboxylic acids is 1. The lowest BCUT2D eigenvalue weighted by Crippen LogP contribution is -2.43. The fourth-order valence-electron chi connectivity index (χ4n) is 5.86. The fourth-order valence-corrected chi connectivity index (χ4v) is 5.86. The molecule has 0 saturated heterocycles. The van der Waals surface area contributed by atoms with Gasteiger partial charge in [0.1, 0.15) is 12.4 Å². The molecule has 1 aromatic heterocycles. The molecule has 196 valence electrons. The molecule has 3 aromatic rings. The van der Waals surface area contributed by atoms with Crippen molar-refractivity contribution in [3.8, 4) is 5.88 Å². The molecule has 2 heterocycles. The number of allylic oxidation sites excluding steroid dienone is 1. The summed E-state index contributed by atoms with van der Waals surface area (Å²) in [5.41, 5.74) is 2.71. The summed E-state index contributed by atoms with van der Waals surface area (Å²) in [6.45, 7) is 4.06. The molecular formula is C29H24F4N2O3. The van der Waals surface area contributed by atoms with Crippen LogP contribution < -0.4 is 10.1 Å². The van der Waals surface area contributed by atoms with Crippen molar-refractivity contribution in [3.63, 3.8) is 0 Å². The number of alkyl halides is 3. The van der Waals surface area contributed by atoms with Crippen molar-refractivity contribution < 1.29 is 32.2 Å². The fraction of sp³-hybridized carbons (Fsp3) is 0.310. The van der Waals surface area contributed by atoms with Crippen molar-refractivity contribution >= 4 is 11.5 Å². The van der Waals surface area contributed by atoms with E-state index in [-0.39, 0.29) is 35.1 Å². The first-order valence-corrected chi connectivity index (χ1v) is 12.3. The minimum atomic E-state index is -4.58. The maximum atomic E-state index is 16.1. The van der Waals surface area contributed by atoms with Gasteiger partial charge in [-0.25, -0.2) is 14.2 Å². The van der Waals surface area contributed by atoms with Crippen LogP contribution in [-0.2, 0) is 29.4 Å². The van der Waals surface area contributed by atoms with E-state index in [2.05, 4.69) is 10.3 Å². The molecule has 9 heteroatoms. The molecule has 6 rings (SSSR count). The molecule has 0 radical (unpaired) electrons. The van der Waals surface area contributed by atoms with Crippen LogP contribution in [0.15, 0.2) is 54.2 Å². The van der Waals surface area contributed by atoms with Crippen LogP contribution in [0.3, 0.4) is 0 Å². The van der Waals surface area contributed by atoms with Crippen LogP contribution in [0.4, 0.5) is 17.6 Å². The van der Waals surface area contributed by atoms with Crippen LogP contribution in [0.2, 0.25) is 0 Å². The lowest BCUT2D eigenvalue weighted by atomic mass is 9.74. The van der Waals surface area contributed by atoms with Crippen molar-refractivity contribution in [2.75, 3.05) is 6.54 Å². The topological polar surface area (TPSA) is 71.5 Å². The zero-order valence-electron chi connectivity index (χ0n) is 20.6. The number of pyridine rings is 1. The number of carboxylic acids is 1. The first kappa shape index (κ1) is 24.6. The van der Waals surface area contributed by atoms with Gasteiger partial charge in [0.05, 0.1) is 11.6 Å². The van der Waals surface area contributed by atoms with E-state index in [1.54, 1.807) is 24.4 Å². The Bertz CT molecular complexity index is 1530. The van der Waals surface area contributed by atoms with Gasteiger partial charge in [-0.15, -0.1) is 0 Å². The number of aromatic nitrogens is 1. The van der Waals surface area contributed by atoms with Crippen LogP contribution in [-0.4, -0.2) is 22.6 Å². The highest BCUT2D eigenvalue weighted by Gasteiger charge is 2.48. The van der Waals surface area contributed by atoms with Crippen molar-refractivity contribution in [3.05, 3.63) is 99.0 Å². The molecule has 0 amide bonds. The van der Waals surface area contributed by atoms with Gasteiger partial charge in [0.2, 0.25) is 5.88 Å². The monoisotopic (exact) mass is 524 g/mol. The third-order valence-electron chi connectivity index (χ3n) is 7.79. The molecule has 0 fully saturated rings. The normalized spacial score (nSPS) is 21.0. The summed E-state index contributed by atoms with van der Waals surface area (Å²) in [5.74, 6) is -1.32. The van der Waals surface area contributed by atoms with Crippen molar-refractivity contribution in [1.82, 2.24) is 10.3 Å². The minimum Gasteiger partial charge on any atom is -0.478 e. The number of carbonyl (C=O) groups is 1. The summed E-state index contributed by atoms with van der Waals surface area (Å²) in [6.07, 6.45) is -2.43. The third kappa shape index (κ3) is 3.88. The zero-order chi connectivity index (χ0) is 27.0. The minimum absolute atomic E-state index is 0.0254. The van der Waals surface area contributed by atoms with Crippen LogP contribution in [0.1, 0.15) is 58.8 Å². The smallest absolute Gasteiger partial charge is 0.416 e. The number of nitrogens with one attached hydrogen (secondary N) is 1. The van der Waals surface area contributed by atoms with Gasteiger partial charge in [-0.3, -0.25) is 0 Å². The highest BCUT2D eigenvalue weighted by Crippen LogP contribution is 2.55. The van der Waals surface area contributed by atoms with Gasteiger partial charge < -0.3 is 15.2 Å². The van der Waals surface area contributed by atoms with Crippen LogP contribution in [0.5, 0.6) is 5.88 Å². The molecule has 3 aliphatic rings. The Balaban J connectivity index is 1.32. The van der Waals surface area contributed by atoms with E-state index < -0.39 is 35.0 Å². The Hall–Kier alpha value is -3.72. The van der Waals surface area contributed by atoms with E-state index >= 15 is 4.39 Å². The van der Waals surface area contributed by atoms with Crippen LogP contribution in [0, 0.1) is 11.7 Å². The average Bonchev–Trinajstić information content (AvgIpc) is 3.46. The molecular weight excluding hydrogens is 500 g/mol. The molecule has 2 atom stereocenters. The molecule has 2 aromatic carbocycles. The Labute approximate surface area is 216 Å². The molecule has 0 spiro atoms. The second kappa shape index (κ2) is 8.39. The van der Waals surface area contributed by atoms with Gasteiger partial charge in [-0.1, -0.05) is 44.2 Å². The molecule has 5 nitrogen and oxygen atoms in total. The van der Waals surface area contributed by atoms with Crippen LogP contribution >= 0.6 is 0 Å². The number of carboxylic acid groups (broad SMARTS) is 1. The van der Waals surface area contributed by atoms with Crippen molar-refractivity contribution in [2.24, 2.45) is 5.92 Å². The maximum absolute atomic E-state index is 16.1. The van der Waals surface area contributed by atoms with E-state index in [1.165, 1.54) is 18.2 Å². The number of ether oxygens (including phenoxy) is 1. The van der Waals surface area contributed by atoms with E-state index in [9.17, 15) is 23.1 Å². The lowest BCUT2D eigenvalue weighted by Gasteiger charge is -2.39. The largest absolute Gasteiger partial charge is 0.478 e. The number of hydrogen-bond acceptors (Lipinski definition) is 4. The molecule has 1 aliphatic heterocycles. The summed E-state index contributed by atoms with van der Waals surface area (Å²) < 4.78 is 63.3. The number of nitrogens with zero attached hydrogens (tertiary/aromatic N) is 1. The number of hydrogen-bond donors (Lipinski definition) is 2. The zero-order valence-corrected chi connectivity index (χ0v) is 20.6. The van der Waals surface area contributed by atoms with E-state index in [0.29, 0.717) is 24.1 Å². The summed E-state index contributed by atoms with van der Waals surface area (Å²) >= 11 is 0.